The fraction of sp³-hybridized carbons (Fsp3) is 0.588. The molecule has 1 aromatic rings. The van der Waals surface area contributed by atoms with Crippen LogP contribution in [0.1, 0.15) is 32.3 Å². The van der Waals surface area contributed by atoms with Gasteiger partial charge in [-0.25, -0.2) is 0 Å². The van der Waals surface area contributed by atoms with Crippen LogP contribution in [-0.2, 0) is 4.79 Å². The third-order valence-corrected chi connectivity index (χ3v) is 4.29. The molecular formula is C17H26N2O2. The molecule has 1 saturated heterocycles. The van der Waals surface area contributed by atoms with E-state index in [1.807, 2.05) is 43.0 Å². The van der Waals surface area contributed by atoms with Crippen LogP contribution in [0.3, 0.4) is 0 Å². The Kier molecular flexibility index (Phi) is 5.23. The summed E-state index contributed by atoms with van der Waals surface area (Å²) in [4.78, 5) is 14.7. The number of nitrogens with two attached hydrogens (primary N) is 1. The van der Waals surface area contributed by atoms with E-state index in [0.717, 1.165) is 24.3 Å². The topological polar surface area (TPSA) is 55.6 Å². The normalized spacial score (nSPS) is 23.1. The molecule has 3 atom stereocenters. The number of carbonyl (C=O) groups excluding carboxylic acids is 1. The minimum atomic E-state index is -0.412. The van der Waals surface area contributed by atoms with Gasteiger partial charge in [-0.2, -0.15) is 0 Å². The molecule has 4 heteroatoms. The van der Waals surface area contributed by atoms with Crippen molar-refractivity contribution in [2.24, 2.45) is 11.7 Å². The van der Waals surface area contributed by atoms with Gasteiger partial charge in [0.05, 0.1) is 0 Å². The largest absolute Gasteiger partial charge is 0.480 e. The van der Waals surface area contributed by atoms with Gasteiger partial charge in [0.1, 0.15) is 5.75 Å². The number of hydrogen-bond acceptors (Lipinski definition) is 3. The van der Waals surface area contributed by atoms with E-state index in [9.17, 15) is 4.79 Å². The van der Waals surface area contributed by atoms with Crippen LogP contribution < -0.4 is 10.5 Å². The zero-order valence-corrected chi connectivity index (χ0v) is 13.2. The van der Waals surface area contributed by atoms with Crippen molar-refractivity contribution < 1.29 is 9.53 Å². The van der Waals surface area contributed by atoms with Crippen LogP contribution in [0.15, 0.2) is 24.3 Å². The minimum Gasteiger partial charge on any atom is -0.480 e. The summed E-state index contributed by atoms with van der Waals surface area (Å²) in [5, 5.41) is 0. The number of rotatable bonds is 5. The van der Waals surface area contributed by atoms with Crippen molar-refractivity contribution in [1.82, 2.24) is 4.90 Å². The lowest BCUT2D eigenvalue weighted by atomic mass is 10.1. The second kappa shape index (κ2) is 6.94. The van der Waals surface area contributed by atoms with Crippen molar-refractivity contribution >= 4 is 5.91 Å². The summed E-state index contributed by atoms with van der Waals surface area (Å²) in [5.74, 6) is 1.30. The van der Waals surface area contributed by atoms with Gasteiger partial charge in [-0.05, 0) is 50.8 Å². The molecule has 1 fully saturated rings. The van der Waals surface area contributed by atoms with Gasteiger partial charge >= 0.3 is 0 Å². The summed E-state index contributed by atoms with van der Waals surface area (Å²) < 4.78 is 5.96. The molecule has 3 unspecified atom stereocenters. The van der Waals surface area contributed by atoms with Crippen molar-refractivity contribution in [1.29, 1.82) is 0 Å². The average molecular weight is 290 g/mol. The van der Waals surface area contributed by atoms with E-state index in [1.54, 1.807) is 0 Å². The van der Waals surface area contributed by atoms with Crippen molar-refractivity contribution in [3.8, 4) is 5.75 Å². The summed E-state index contributed by atoms with van der Waals surface area (Å²) in [6.45, 7) is 7.47. The standard InChI is InChI=1S/C17H26N2O2/c1-4-15(21-16-8-6-5-7-12(16)2)17(20)19-11-14(10-18)9-13(19)3/h5-8,13-15H,4,9-11,18H2,1-3H3. The van der Waals surface area contributed by atoms with E-state index in [-0.39, 0.29) is 11.9 Å². The smallest absolute Gasteiger partial charge is 0.263 e. The lowest BCUT2D eigenvalue weighted by molar-refractivity contribution is -0.139. The maximum absolute atomic E-state index is 12.7. The average Bonchev–Trinajstić information content (AvgIpc) is 2.87. The zero-order valence-electron chi connectivity index (χ0n) is 13.2. The Morgan fingerprint density at radius 1 is 1.48 bits per heavy atom. The molecule has 1 heterocycles. The van der Waals surface area contributed by atoms with Crippen LogP contribution in [0.4, 0.5) is 0 Å². The highest BCUT2D eigenvalue weighted by molar-refractivity contribution is 5.82. The highest BCUT2D eigenvalue weighted by atomic mass is 16.5. The second-order valence-corrected chi connectivity index (χ2v) is 5.96. The highest BCUT2D eigenvalue weighted by Crippen LogP contribution is 2.25. The molecule has 0 saturated carbocycles. The van der Waals surface area contributed by atoms with E-state index in [2.05, 4.69) is 6.92 Å². The Bertz CT molecular complexity index is 489. The molecule has 21 heavy (non-hydrogen) atoms. The third kappa shape index (κ3) is 3.56. The van der Waals surface area contributed by atoms with Crippen molar-refractivity contribution in [3.05, 3.63) is 29.8 Å². The molecule has 1 amide bonds. The van der Waals surface area contributed by atoms with Crippen LogP contribution in [0.25, 0.3) is 0 Å². The molecule has 1 aliphatic heterocycles. The lowest BCUT2D eigenvalue weighted by Gasteiger charge is -2.27. The number of aryl methyl sites for hydroxylation is 1. The van der Waals surface area contributed by atoms with Crippen molar-refractivity contribution in [3.63, 3.8) is 0 Å². The van der Waals surface area contributed by atoms with Crippen molar-refractivity contribution in [2.45, 2.75) is 45.8 Å². The third-order valence-electron chi connectivity index (χ3n) is 4.29. The highest BCUT2D eigenvalue weighted by Gasteiger charge is 2.35. The van der Waals surface area contributed by atoms with E-state index in [4.69, 9.17) is 10.5 Å². The number of ether oxygens (including phenoxy) is 1. The van der Waals surface area contributed by atoms with Gasteiger partial charge in [0, 0.05) is 12.6 Å². The van der Waals surface area contributed by atoms with Crippen LogP contribution >= 0.6 is 0 Å². The number of benzene rings is 1. The Labute approximate surface area is 127 Å². The number of para-hydroxylation sites is 1. The van der Waals surface area contributed by atoms with Crippen LogP contribution in [0.2, 0.25) is 0 Å². The summed E-state index contributed by atoms with van der Waals surface area (Å²) in [6, 6.07) is 8.07. The first-order valence-corrected chi connectivity index (χ1v) is 7.79. The van der Waals surface area contributed by atoms with Gasteiger partial charge in [-0.15, -0.1) is 0 Å². The first-order valence-electron chi connectivity index (χ1n) is 7.79. The Morgan fingerprint density at radius 2 is 2.19 bits per heavy atom. The molecule has 0 aromatic heterocycles. The number of nitrogens with zero attached hydrogens (tertiary/aromatic N) is 1. The van der Waals surface area contributed by atoms with Gasteiger partial charge in [0.2, 0.25) is 0 Å². The first kappa shape index (κ1) is 15.8. The fourth-order valence-corrected chi connectivity index (χ4v) is 2.96. The predicted octanol–water partition coefficient (Wildman–Crippen LogP) is 2.35. The molecule has 116 valence electrons. The Morgan fingerprint density at radius 3 is 2.76 bits per heavy atom. The monoisotopic (exact) mass is 290 g/mol. The summed E-state index contributed by atoms with van der Waals surface area (Å²) in [5.41, 5.74) is 6.79. The molecule has 2 rings (SSSR count). The predicted molar refractivity (Wildman–Crippen MR) is 84.2 cm³/mol. The number of amides is 1. The van der Waals surface area contributed by atoms with Gasteiger partial charge in [0.25, 0.3) is 5.91 Å². The quantitative estimate of drug-likeness (QED) is 0.905. The molecular weight excluding hydrogens is 264 g/mol. The van der Waals surface area contributed by atoms with Crippen LogP contribution in [0, 0.1) is 12.8 Å². The SMILES string of the molecule is CCC(Oc1ccccc1C)C(=O)N1CC(CN)CC1C. The molecule has 1 aromatic carbocycles. The van der Waals surface area contributed by atoms with Gasteiger partial charge in [0.15, 0.2) is 6.10 Å². The molecule has 0 spiro atoms. The Balaban J connectivity index is 2.07. The molecule has 0 radical (unpaired) electrons. The van der Waals surface area contributed by atoms with Gasteiger partial charge in [-0.1, -0.05) is 25.1 Å². The number of likely N-dealkylation sites (tertiary alicyclic amines) is 1. The summed E-state index contributed by atoms with van der Waals surface area (Å²) in [6.07, 6.45) is 1.25. The fourth-order valence-electron chi connectivity index (χ4n) is 2.96. The van der Waals surface area contributed by atoms with Crippen molar-refractivity contribution in [2.75, 3.05) is 13.1 Å². The lowest BCUT2D eigenvalue weighted by Crippen LogP contribution is -2.43. The number of hydrogen-bond donors (Lipinski definition) is 1. The van der Waals surface area contributed by atoms with E-state index in [1.165, 1.54) is 0 Å². The summed E-state index contributed by atoms with van der Waals surface area (Å²) >= 11 is 0. The van der Waals surface area contributed by atoms with Gasteiger partial charge in [-0.3, -0.25) is 4.79 Å². The molecule has 4 nitrogen and oxygen atoms in total. The first-order chi connectivity index (χ1) is 10.1. The maximum atomic E-state index is 12.7. The van der Waals surface area contributed by atoms with Crippen LogP contribution in [-0.4, -0.2) is 36.0 Å². The van der Waals surface area contributed by atoms with Gasteiger partial charge < -0.3 is 15.4 Å². The minimum absolute atomic E-state index is 0.0872. The van der Waals surface area contributed by atoms with Crippen LogP contribution in [0.5, 0.6) is 5.75 Å². The molecule has 0 bridgehead atoms. The van der Waals surface area contributed by atoms with E-state index < -0.39 is 6.10 Å². The molecule has 1 aliphatic rings. The van der Waals surface area contributed by atoms with E-state index in [0.29, 0.717) is 18.9 Å². The second-order valence-electron chi connectivity index (χ2n) is 5.96. The van der Waals surface area contributed by atoms with E-state index >= 15 is 0 Å². The Hall–Kier alpha value is -1.55. The molecule has 2 N–H and O–H groups in total. The summed E-state index contributed by atoms with van der Waals surface area (Å²) in [7, 11) is 0. The number of carbonyl (C=O) groups is 1. The zero-order chi connectivity index (χ0) is 15.4. The molecule has 0 aliphatic carbocycles. The maximum Gasteiger partial charge on any atom is 0.263 e.